The lowest BCUT2D eigenvalue weighted by atomic mass is 10.1. The molecule has 0 aromatic rings. The van der Waals surface area contributed by atoms with Gasteiger partial charge >= 0.3 is 0 Å². The lowest BCUT2D eigenvalue weighted by Gasteiger charge is -2.10. The number of hydrogen-bond donors (Lipinski definition) is 3. The fraction of sp³-hybridized carbons (Fsp3) is 0.625. The summed E-state index contributed by atoms with van der Waals surface area (Å²) in [7, 11) is 0. The summed E-state index contributed by atoms with van der Waals surface area (Å²) in [4.78, 5) is 21.7. The molecule has 0 aliphatic heterocycles. The van der Waals surface area contributed by atoms with Crippen LogP contribution in [0.5, 0.6) is 0 Å². The summed E-state index contributed by atoms with van der Waals surface area (Å²) in [6, 6.07) is 1.90. The quantitative estimate of drug-likeness (QED) is 0.495. The zero-order chi connectivity index (χ0) is 10.8. The topological polar surface area (TPSA) is 116 Å². The largest absolute Gasteiger partial charge is 0.381 e. The van der Waals surface area contributed by atoms with Gasteiger partial charge in [-0.2, -0.15) is 5.26 Å². The molecule has 1 atom stereocenters. The predicted octanol–water partition coefficient (Wildman–Crippen LogP) is -1.75. The summed E-state index contributed by atoms with van der Waals surface area (Å²) in [6.07, 6.45) is -0.335. The normalized spacial score (nSPS) is 19.1. The molecule has 6 heteroatoms. The molecular weight excluding hydrogens is 186 g/mol. The van der Waals surface area contributed by atoms with E-state index in [0.29, 0.717) is 12.8 Å². The van der Waals surface area contributed by atoms with E-state index in [4.69, 9.17) is 16.1 Å². The first kappa shape index (κ1) is 10.5. The smallest absolute Gasteiger partial charge is 0.248 e. The maximum absolute atomic E-state index is 11.3. The van der Waals surface area contributed by atoms with Crippen LogP contribution in [0.4, 0.5) is 0 Å². The summed E-state index contributed by atoms with van der Waals surface area (Å²) in [6.45, 7) is -0.238. The van der Waals surface area contributed by atoms with Crippen LogP contribution in [0, 0.1) is 16.7 Å². The zero-order valence-corrected chi connectivity index (χ0v) is 7.49. The minimum absolute atomic E-state index is 0.238. The SMILES string of the molecule is N#CC1(C(=O)NCC(O)C(N)=O)CC1. The van der Waals surface area contributed by atoms with Crippen molar-refractivity contribution in [2.45, 2.75) is 18.9 Å². The van der Waals surface area contributed by atoms with Crippen LogP contribution in [-0.4, -0.2) is 29.6 Å². The molecule has 0 spiro atoms. The van der Waals surface area contributed by atoms with E-state index in [2.05, 4.69) is 5.32 Å². The fourth-order valence-corrected chi connectivity index (χ4v) is 0.974. The Labute approximate surface area is 80.7 Å². The molecule has 2 amide bonds. The van der Waals surface area contributed by atoms with Crippen molar-refractivity contribution in [3.05, 3.63) is 0 Å². The summed E-state index contributed by atoms with van der Waals surface area (Å²) < 4.78 is 0. The number of amides is 2. The molecule has 1 saturated carbocycles. The van der Waals surface area contributed by atoms with E-state index in [-0.39, 0.29) is 6.54 Å². The van der Waals surface area contributed by atoms with Crippen LogP contribution in [0.3, 0.4) is 0 Å². The zero-order valence-electron chi connectivity index (χ0n) is 7.49. The van der Waals surface area contributed by atoms with Gasteiger partial charge in [0.25, 0.3) is 0 Å². The van der Waals surface area contributed by atoms with Gasteiger partial charge in [-0.25, -0.2) is 0 Å². The third-order valence-electron chi connectivity index (χ3n) is 2.18. The number of primary amides is 1. The van der Waals surface area contributed by atoms with Crippen molar-refractivity contribution < 1.29 is 14.7 Å². The number of rotatable bonds is 4. The number of nitrogens with one attached hydrogen (secondary N) is 1. The molecule has 0 heterocycles. The van der Waals surface area contributed by atoms with Gasteiger partial charge in [0.2, 0.25) is 11.8 Å². The first-order valence-electron chi connectivity index (χ1n) is 4.19. The molecule has 0 aromatic heterocycles. The minimum atomic E-state index is -1.39. The number of nitriles is 1. The van der Waals surface area contributed by atoms with Gasteiger partial charge in [-0.1, -0.05) is 0 Å². The Morgan fingerprint density at radius 2 is 2.21 bits per heavy atom. The van der Waals surface area contributed by atoms with E-state index >= 15 is 0 Å². The standard InChI is InChI=1S/C8H11N3O3/c9-4-8(1-2-8)7(14)11-3-5(12)6(10)13/h5,12H,1-3H2,(H2,10,13)(H,11,14). The van der Waals surface area contributed by atoms with Gasteiger partial charge in [0, 0.05) is 0 Å². The van der Waals surface area contributed by atoms with Crippen molar-refractivity contribution in [1.82, 2.24) is 5.32 Å². The minimum Gasteiger partial charge on any atom is -0.381 e. The Hall–Kier alpha value is -1.61. The van der Waals surface area contributed by atoms with Crippen molar-refractivity contribution in [2.24, 2.45) is 11.1 Å². The molecule has 4 N–H and O–H groups in total. The van der Waals surface area contributed by atoms with Crippen molar-refractivity contribution in [2.75, 3.05) is 6.54 Å². The summed E-state index contributed by atoms with van der Waals surface area (Å²) in [5.74, 6) is -1.34. The Balaban J connectivity index is 2.37. The predicted molar refractivity (Wildman–Crippen MR) is 45.5 cm³/mol. The van der Waals surface area contributed by atoms with Crippen molar-refractivity contribution >= 4 is 11.8 Å². The van der Waals surface area contributed by atoms with Crippen LogP contribution in [0.2, 0.25) is 0 Å². The summed E-state index contributed by atoms with van der Waals surface area (Å²) in [5.41, 5.74) is 3.84. The van der Waals surface area contributed by atoms with Crippen molar-refractivity contribution in [1.29, 1.82) is 5.26 Å². The molecule has 0 radical (unpaired) electrons. The van der Waals surface area contributed by atoms with Crippen LogP contribution in [0.25, 0.3) is 0 Å². The van der Waals surface area contributed by atoms with Crippen LogP contribution >= 0.6 is 0 Å². The highest BCUT2D eigenvalue weighted by atomic mass is 16.3. The lowest BCUT2D eigenvalue weighted by molar-refractivity contribution is -0.128. The van der Waals surface area contributed by atoms with Crippen molar-refractivity contribution in [3.63, 3.8) is 0 Å². The van der Waals surface area contributed by atoms with Gasteiger partial charge in [0.05, 0.1) is 12.6 Å². The van der Waals surface area contributed by atoms with Crippen molar-refractivity contribution in [3.8, 4) is 6.07 Å². The molecule has 0 bridgehead atoms. The maximum atomic E-state index is 11.3. The van der Waals surface area contributed by atoms with Gasteiger partial charge in [-0.3, -0.25) is 9.59 Å². The Bertz CT molecular complexity index is 303. The molecule has 0 saturated heterocycles. The number of nitrogens with two attached hydrogens (primary N) is 1. The molecule has 1 rings (SSSR count). The number of carbonyl (C=O) groups is 2. The van der Waals surface area contributed by atoms with Gasteiger partial charge in [-0.05, 0) is 12.8 Å². The van der Waals surface area contributed by atoms with Gasteiger partial charge < -0.3 is 16.2 Å². The first-order valence-corrected chi connectivity index (χ1v) is 4.19. The van der Waals surface area contributed by atoms with Crippen LogP contribution in [0.15, 0.2) is 0 Å². The number of nitrogens with zero attached hydrogens (tertiary/aromatic N) is 1. The fourth-order valence-electron chi connectivity index (χ4n) is 0.974. The molecule has 1 fully saturated rings. The molecule has 76 valence electrons. The maximum Gasteiger partial charge on any atom is 0.248 e. The third-order valence-corrected chi connectivity index (χ3v) is 2.18. The lowest BCUT2D eigenvalue weighted by Crippen LogP contribution is -2.42. The summed E-state index contributed by atoms with van der Waals surface area (Å²) >= 11 is 0. The van der Waals surface area contributed by atoms with Crippen LogP contribution in [-0.2, 0) is 9.59 Å². The number of aliphatic hydroxyl groups excluding tert-OH is 1. The molecule has 1 unspecified atom stereocenters. The molecule has 1 aliphatic rings. The number of aliphatic hydroxyl groups is 1. The average molecular weight is 197 g/mol. The van der Waals surface area contributed by atoms with E-state index in [9.17, 15) is 9.59 Å². The highest BCUT2D eigenvalue weighted by molar-refractivity contribution is 5.88. The molecule has 14 heavy (non-hydrogen) atoms. The van der Waals surface area contributed by atoms with Crippen LogP contribution in [0.1, 0.15) is 12.8 Å². The molecule has 6 nitrogen and oxygen atoms in total. The second-order valence-electron chi connectivity index (χ2n) is 3.32. The Morgan fingerprint density at radius 3 is 2.57 bits per heavy atom. The molecule has 0 aromatic carbocycles. The van der Waals surface area contributed by atoms with E-state index in [1.807, 2.05) is 6.07 Å². The van der Waals surface area contributed by atoms with Gasteiger partial charge in [0.1, 0.15) is 11.5 Å². The number of hydrogen-bond acceptors (Lipinski definition) is 4. The highest BCUT2D eigenvalue weighted by Crippen LogP contribution is 2.44. The van der Waals surface area contributed by atoms with Crippen LogP contribution < -0.4 is 11.1 Å². The number of carbonyl (C=O) groups excluding carboxylic acids is 2. The second-order valence-corrected chi connectivity index (χ2v) is 3.32. The van der Waals surface area contributed by atoms with Gasteiger partial charge in [-0.15, -0.1) is 0 Å². The highest BCUT2D eigenvalue weighted by Gasteiger charge is 2.50. The van der Waals surface area contributed by atoms with E-state index in [1.165, 1.54) is 0 Å². The monoisotopic (exact) mass is 197 g/mol. The molecule has 1 aliphatic carbocycles. The van der Waals surface area contributed by atoms with E-state index < -0.39 is 23.3 Å². The van der Waals surface area contributed by atoms with E-state index in [0.717, 1.165) is 0 Å². The Morgan fingerprint density at radius 1 is 1.64 bits per heavy atom. The third kappa shape index (κ3) is 2.00. The molecular formula is C8H11N3O3. The average Bonchev–Trinajstić information content (AvgIpc) is 2.93. The van der Waals surface area contributed by atoms with Gasteiger partial charge in [0.15, 0.2) is 0 Å². The Kier molecular flexibility index (Phi) is 2.72. The first-order chi connectivity index (χ1) is 6.52. The van der Waals surface area contributed by atoms with E-state index in [1.54, 1.807) is 0 Å². The summed E-state index contributed by atoms with van der Waals surface area (Å²) in [5, 5.41) is 19.9. The second kappa shape index (κ2) is 3.64.